The molecule has 0 aromatic rings. The monoisotopic (exact) mass is 815 g/mol. The number of ketones is 1. The van der Waals surface area contributed by atoms with Gasteiger partial charge in [-0.05, 0) is 38.2 Å². The maximum absolute atomic E-state index is 13.7. The molecule has 0 aromatic heterocycles. The Hall–Kier alpha value is -4.08. The van der Waals surface area contributed by atoms with Gasteiger partial charge in [0.25, 0.3) is 0 Å². The van der Waals surface area contributed by atoms with Gasteiger partial charge in [0.05, 0.1) is 25.4 Å². The first kappa shape index (κ1) is 48.3. The molecule has 0 radical (unpaired) electrons. The number of methoxy groups -OCH3 is 2. The second-order valence-electron chi connectivity index (χ2n) is 16.5. The van der Waals surface area contributed by atoms with Crippen LogP contribution in [0.2, 0.25) is 0 Å². The molecule has 0 spiro atoms. The van der Waals surface area contributed by atoms with E-state index in [9.17, 15) is 39.6 Å². The second kappa shape index (κ2) is 21.3. The van der Waals surface area contributed by atoms with Gasteiger partial charge in [-0.2, -0.15) is 0 Å². The summed E-state index contributed by atoms with van der Waals surface area (Å²) in [6.45, 7) is 16.5. The smallest absolute Gasteiger partial charge is 0.373 e. The Morgan fingerprint density at radius 1 is 1.03 bits per heavy atom. The minimum absolute atomic E-state index is 0.0594. The molecule has 3 rings (SSSR count). The van der Waals surface area contributed by atoms with Gasteiger partial charge in [0.2, 0.25) is 11.7 Å². The SMILES string of the molecule is CO/C1=C\C(C)=C\[C@@H](C)[C@@H](O)[C@@H](C)C/C(C)=C/C=C/[C@@H](OC)[C@H]([C@H](C)[C@H](O)[C@H](C)[C@]2(O)C[C@@H](OC(=O)/C=C/C(=O)NC3=C(O)CCC3=O)[C@H](C)[C@@H](C(C)C)O2)OC1=O. The number of Topliss-reactive ketones (excluding diaryl/α,β-unsaturated/α-hetero) is 1. The maximum atomic E-state index is 13.7. The van der Waals surface area contributed by atoms with E-state index >= 15 is 0 Å². The number of allylic oxidation sites excluding steroid dienone is 7. The molecule has 58 heavy (non-hydrogen) atoms. The molecule has 0 unspecified atom stereocenters. The van der Waals surface area contributed by atoms with Crippen LogP contribution in [0, 0.1) is 35.5 Å². The van der Waals surface area contributed by atoms with Gasteiger partial charge in [0.15, 0.2) is 11.6 Å². The number of aliphatic hydroxyl groups is 4. The van der Waals surface area contributed by atoms with Gasteiger partial charge >= 0.3 is 11.9 Å². The van der Waals surface area contributed by atoms with Crippen molar-refractivity contribution in [1.82, 2.24) is 5.32 Å². The molecular formula is C44H65NO13. The molecule has 324 valence electrons. The fraction of sp³-hybridized carbons (Fsp3) is 0.636. The van der Waals surface area contributed by atoms with Crippen LogP contribution in [0.4, 0.5) is 0 Å². The number of hydrogen-bond acceptors (Lipinski definition) is 13. The van der Waals surface area contributed by atoms with E-state index in [1.165, 1.54) is 20.3 Å². The normalized spacial score (nSPS) is 35.5. The molecule has 12 atom stereocenters. The van der Waals surface area contributed by atoms with Crippen molar-refractivity contribution in [3.8, 4) is 0 Å². The highest BCUT2D eigenvalue weighted by atomic mass is 16.6. The van der Waals surface area contributed by atoms with Crippen molar-refractivity contribution in [1.29, 1.82) is 0 Å². The van der Waals surface area contributed by atoms with Crippen LogP contribution in [0.25, 0.3) is 0 Å². The molecule has 1 amide bonds. The minimum atomic E-state index is -2.04. The highest BCUT2D eigenvalue weighted by Gasteiger charge is 2.53. The van der Waals surface area contributed by atoms with Gasteiger partial charge < -0.3 is 49.4 Å². The number of ether oxygens (including phenoxy) is 5. The van der Waals surface area contributed by atoms with E-state index in [2.05, 4.69) is 5.32 Å². The van der Waals surface area contributed by atoms with Crippen LogP contribution in [0.1, 0.15) is 88.0 Å². The summed E-state index contributed by atoms with van der Waals surface area (Å²) in [7, 11) is 2.79. The molecular weight excluding hydrogens is 750 g/mol. The molecule has 0 saturated carbocycles. The molecule has 1 saturated heterocycles. The van der Waals surface area contributed by atoms with Gasteiger partial charge in [-0.1, -0.05) is 83.9 Å². The fourth-order valence-corrected chi connectivity index (χ4v) is 7.95. The van der Waals surface area contributed by atoms with Crippen molar-refractivity contribution in [2.75, 3.05) is 14.2 Å². The van der Waals surface area contributed by atoms with Crippen LogP contribution in [0.5, 0.6) is 0 Å². The third-order valence-corrected chi connectivity index (χ3v) is 11.5. The first-order valence-electron chi connectivity index (χ1n) is 20.1. The van der Waals surface area contributed by atoms with Crippen molar-refractivity contribution in [3.63, 3.8) is 0 Å². The fourth-order valence-electron chi connectivity index (χ4n) is 7.95. The second-order valence-corrected chi connectivity index (χ2v) is 16.5. The van der Waals surface area contributed by atoms with E-state index in [-0.39, 0.29) is 54.2 Å². The molecule has 1 aliphatic carbocycles. The zero-order chi connectivity index (χ0) is 43.6. The lowest BCUT2D eigenvalue weighted by molar-refractivity contribution is -0.329. The summed E-state index contributed by atoms with van der Waals surface area (Å²) in [5.74, 6) is -8.07. The summed E-state index contributed by atoms with van der Waals surface area (Å²) in [6.07, 6.45) is 5.61. The van der Waals surface area contributed by atoms with E-state index < -0.39 is 83.8 Å². The zero-order valence-electron chi connectivity index (χ0n) is 35.8. The van der Waals surface area contributed by atoms with Crippen LogP contribution < -0.4 is 5.32 Å². The number of nitrogens with one attached hydrogen (secondary N) is 1. The van der Waals surface area contributed by atoms with Crippen LogP contribution in [0.3, 0.4) is 0 Å². The third kappa shape index (κ3) is 12.5. The molecule has 2 aliphatic heterocycles. The summed E-state index contributed by atoms with van der Waals surface area (Å²) in [5.41, 5.74) is 1.48. The van der Waals surface area contributed by atoms with Gasteiger partial charge in [0, 0.05) is 62.2 Å². The predicted octanol–water partition coefficient (Wildman–Crippen LogP) is 5.05. The molecule has 0 bridgehead atoms. The molecule has 2 heterocycles. The Labute approximate surface area is 342 Å². The van der Waals surface area contributed by atoms with Crippen molar-refractivity contribution in [2.45, 2.75) is 130 Å². The Morgan fingerprint density at radius 3 is 2.29 bits per heavy atom. The summed E-state index contributed by atoms with van der Waals surface area (Å²) < 4.78 is 29.5. The molecule has 14 nitrogen and oxygen atoms in total. The highest BCUT2D eigenvalue weighted by Crippen LogP contribution is 2.42. The Balaban J connectivity index is 1.92. The Morgan fingerprint density at radius 2 is 1.71 bits per heavy atom. The van der Waals surface area contributed by atoms with Crippen molar-refractivity contribution < 1.29 is 63.3 Å². The largest absolute Gasteiger partial charge is 0.510 e. The predicted molar refractivity (Wildman–Crippen MR) is 215 cm³/mol. The van der Waals surface area contributed by atoms with Crippen LogP contribution >= 0.6 is 0 Å². The number of carbonyl (C=O) groups is 4. The lowest BCUT2D eigenvalue weighted by atomic mass is 9.76. The standard InChI is InChI=1S/C44H65NO13/c1-23(2)41-28(7)35(56-37(49)18-17-36(48)45-38-31(46)15-16-32(38)47)22-44(53,58-41)30(9)40(51)29(8)42-33(54-10)14-12-13-24(3)19-26(5)39(50)27(6)20-25(4)21-34(55-11)43(52)57-42/h12-14,17-18,20-21,23,26-30,33,35,39-42,46,50-51,53H,15-16,19,22H2,1-11H3,(H,45,48)/b14-12+,18-17+,24-13+,25-20+,34-21-/t26-,27+,28-,29+,30-,33+,35+,39-,40-,41+,42-,44-/m0/s1. The average molecular weight is 816 g/mol. The third-order valence-electron chi connectivity index (χ3n) is 11.5. The summed E-state index contributed by atoms with van der Waals surface area (Å²) in [5, 5.41) is 47.4. The topological polar surface area (TPSA) is 207 Å². The summed E-state index contributed by atoms with van der Waals surface area (Å²) in [6, 6.07) is 0. The number of rotatable bonds is 11. The van der Waals surface area contributed by atoms with Crippen molar-refractivity contribution >= 4 is 23.6 Å². The first-order chi connectivity index (χ1) is 27.1. The van der Waals surface area contributed by atoms with E-state index in [0.717, 1.165) is 17.7 Å². The number of esters is 2. The zero-order valence-corrected chi connectivity index (χ0v) is 35.8. The Bertz CT molecular complexity index is 1670. The van der Waals surface area contributed by atoms with E-state index in [1.54, 1.807) is 32.9 Å². The van der Waals surface area contributed by atoms with E-state index in [0.29, 0.717) is 12.0 Å². The van der Waals surface area contributed by atoms with Crippen LogP contribution in [-0.4, -0.2) is 101 Å². The highest BCUT2D eigenvalue weighted by molar-refractivity contribution is 6.04. The molecule has 14 heteroatoms. The van der Waals surface area contributed by atoms with Gasteiger partial charge in [-0.3, -0.25) is 9.59 Å². The number of hydrogen-bond donors (Lipinski definition) is 5. The van der Waals surface area contributed by atoms with Gasteiger partial charge in [0.1, 0.15) is 29.8 Å². The minimum Gasteiger partial charge on any atom is -0.510 e. The summed E-state index contributed by atoms with van der Waals surface area (Å²) in [4.78, 5) is 51.1. The number of carbonyl (C=O) groups excluding carboxylic acids is 4. The number of cyclic esters (lactones) is 1. The Kier molecular flexibility index (Phi) is 17.7. The lowest BCUT2D eigenvalue weighted by Gasteiger charge is -2.50. The quantitative estimate of drug-likeness (QED) is 0.137. The molecule has 1 fully saturated rings. The molecule has 5 N–H and O–H groups in total. The van der Waals surface area contributed by atoms with Crippen LogP contribution in [-0.2, 0) is 42.9 Å². The van der Waals surface area contributed by atoms with Gasteiger partial charge in [-0.25, -0.2) is 9.59 Å². The summed E-state index contributed by atoms with van der Waals surface area (Å²) >= 11 is 0. The van der Waals surface area contributed by atoms with Crippen LogP contribution in [0.15, 0.2) is 70.9 Å². The number of amides is 1. The lowest BCUT2D eigenvalue weighted by Crippen LogP contribution is -2.59. The first-order valence-corrected chi connectivity index (χ1v) is 20.1. The maximum Gasteiger partial charge on any atom is 0.373 e. The van der Waals surface area contributed by atoms with E-state index in [1.807, 2.05) is 53.7 Å². The molecule has 0 aromatic carbocycles. The molecule has 3 aliphatic rings. The van der Waals surface area contributed by atoms with Gasteiger partial charge in [-0.15, -0.1) is 0 Å². The van der Waals surface area contributed by atoms with E-state index in [4.69, 9.17) is 23.7 Å². The van der Waals surface area contributed by atoms with Crippen molar-refractivity contribution in [2.24, 2.45) is 35.5 Å². The van der Waals surface area contributed by atoms with Crippen molar-refractivity contribution in [3.05, 3.63) is 70.9 Å². The average Bonchev–Trinajstić information content (AvgIpc) is 3.48. The number of aliphatic hydroxyl groups excluding tert-OH is 3.